The zero-order chi connectivity index (χ0) is 25.9. The van der Waals surface area contributed by atoms with Crippen LogP contribution in [0.25, 0.3) is 0 Å². The molecule has 1 unspecified atom stereocenters. The van der Waals surface area contributed by atoms with E-state index in [4.69, 9.17) is 4.55 Å². The molecule has 0 bridgehead atoms. The summed E-state index contributed by atoms with van der Waals surface area (Å²) in [7, 11) is -4.36. The third-order valence-corrected chi connectivity index (χ3v) is 7.43. The SMILES string of the molecule is CCCCCCCCC/C=C/C(CCCCCCCCCCCCCCCCC)COS(=O)(=O)O. The predicted octanol–water partition coefficient (Wildman–Crippen LogP) is 10.4. The normalized spacial score (nSPS) is 13.1. The molecule has 0 aliphatic carbocycles. The van der Waals surface area contributed by atoms with Gasteiger partial charge < -0.3 is 0 Å². The van der Waals surface area contributed by atoms with E-state index in [1.807, 2.05) is 0 Å². The summed E-state index contributed by atoms with van der Waals surface area (Å²) in [6, 6.07) is 0. The van der Waals surface area contributed by atoms with Crippen molar-refractivity contribution in [2.24, 2.45) is 5.92 Å². The van der Waals surface area contributed by atoms with E-state index < -0.39 is 10.4 Å². The third-order valence-electron chi connectivity index (χ3n) is 6.99. The molecule has 5 heteroatoms. The number of unbranched alkanes of at least 4 members (excludes halogenated alkanes) is 21. The minimum absolute atomic E-state index is 0.0466. The zero-order valence-electron chi connectivity index (χ0n) is 23.5. The fourth-order valence-electron chi connectivity index (χ4n) is 4.69. The second-order valence-corrected chi connectivity index (χ2v) is 11.6. The topological polar surface area (TPSA) is 63.6 Å². The fraction of sp³-hybridized carbons (Fsp3) is 0.933. The number of hydrogen-bond acceptors (Lipinski definition) is 3. The summed E-state index contributed by atoms with van der Waals surface area (Å²) in [5.41, 5.74) is 0. The number of hydrogen-bond donors (Lipinski definition) is 1. The summed E-state index contributed by atoms with van der Waals surface area (Å²) in [6.45, 7) is 4.56. The van der Waals surface area contributed by atoms with Gasteiger partial charge in [-0.05, 0) is 19.3 Å². The van der Waals surface area contributed by atoms with Gasteiger partial charge in [0.15, 0.2) is 0 Å². The van der Waals surface area contributed by atoms with Crippen molar-refractivity contribution in [2.45, 2.75) is 168 Å². The Morgan fingerprint density at radius 1 is 0.600 bits per heavy atom. The van der Waals surface area contributed by atoms with E-state index in [2.05, 4.69) is 30.2 Å². The molecule has 0 aromatic heterocycles. The van der Waals surface area contributed by atoms with Crippen LogP contribution in [0.4, 0.5) is 0 Å². The van der Waals surface area contributed by atoms with Gasteiger partial charge in [0.25, 0.3) is 0 Å². The van der Waals surface area contributed by atoms with Crippen LogP contribution in [0.5, 0.6) is 0 Å². The van der Waals surface area contributed by atoms with Crippen LogP contribution in [0.15, 0.2) is 12.2 Å². The van der Waals surface area contributed by atoms with Gasteiger partial charge in [0.05, 0.1) is 6.61 Å². The average Bonchev–Trinajstić information content (AvgIpc) is 2.82. The van der Waals surface area contributed by atoms with Crippen LogP contribution in [-0.4, -0.2) is 19.6 Å². The Hall–Kier alpha value is -0.390. The van der Waals surface area contributed by atoms with E-state index in [1.165, 1.54) is 135 Å². The van der Waals surface area contributed by atoms with Gasteiger partial charge in [-0.15, -0.1) is 0 Å². The Labute approximate surface area is 220 Å². The Morgan fingerprint density at radius 3 is 1.37 bits per heavy atom. The second kappa shape index (κ2) is 26.7. The largest absolute Gasteiger partial charge is 0.397 e. The van der Waals surface area contributed by atoms with Crippen molar-refractivity contribution in [2.75, 3.05) is 6.61 Å². The van der Waals surface area contributed by atoms with Crippen molar-refractivity contribution in [3.8, 4) is 0 Å². The maximum Gasteiger partial charge on any atom is 0.397 e. The summed E-state index contributed by atoms with van der Waals surface area (Å²) < 4.78 is 35.6. The number of allylic oxidation sites excluding steroid dienone is 1. The Kier molecular flexibility index (Phi) is 26.4. The molecular weight excluding hydrogens is 456 g/mol. The maximum absolute atomic E-state index is 11.0. The second-order valence-electron chi connectivity index (χ2n) is 10.5. The van der Waals surface area contributed by atoms with Crippen LogP contribution in [0.3, 0.4) is 0 Å². The molecule has 0 spiro atoms. The van der Waals surface area contributed by atoms with Gasteiger partial charge in [-0.1, -0.05) is 161 Å². The summed E-state index contributed by atoms with van der Waals surface area (Å²) in [5, 5.41) is 0. The summed E-state index contributed by atoms with van der Waals surface area (Å²) in [6.07, 6.45) is 35.4. The van der Waals surface area contributed by atoms with E-state index in [1.54, 1.807) is 0 Å². The lowest BCUT2D eigenvalue weighted by Gasteiger charge is -2.12. The first-order chi connectivity index (χ1) is 17.0. The first-order valence-electron chi connectivity index (χ1n) is 15.3. The van der Waals surface area contributed by atoms with Gasteiger partial charge >= 0.3 is 10.4 Å². The first kappa shape index (κ1) is 34.6. The van der Waals surface area contributed by atoms with Crippen molar-refractivity contribution < 1.29 is 17.2 Å². The van der Waals surface area contributed by atoms with Crippen molar-refractivity contribution in [1.82, 2.24) is 0 Å². The van der Waals surface area contributed by atoms with Crippen molar-refractivity contribution in [3.63, 3.8) is 0 Å². The van der Waals surface area contributed by atoms with Gasteiger partial charge in [-0.25, -0.2) is 4.18 Å². The Morgan fingerprint density at radius 2 is 0.971 bits per heavy atom. The lowest BCUT2D eigenvalue weighted by molar-refractivity contribution is 0.234. The van der Waals surface area contributed by atoms with E-state index in [9.17, 15) is 8.42 Å². The molecule has 0 saturated heterocycles. The van der Waals surface area contributed by atoms with E-state index in [0.717, 1.165) is 19.3 Å². The molecule has 0 fully saturated rings. The highest BCUT2D eigenvalue weighted by Gasteiger charge is 2.11. The smallest absolute Gasteiger partial charge is 0.264 e. The highest BCUT2D eigenvalue weighted by Crippen LogP contribution is 2.17. The molecule has 0 radical (unpaired) electrons. The Bertz CT molecular complexity index is 545. The maximum atomic E-state index is 11.0. The predicted molar refractivity (Wildman–Crippen MR) is 152 cm³/mol. The molecule has 0 aliphatic rings. The molecule has 4 nitrogen and oxygen atoms in total. The van der Waals surface area contributed by atoms with Crippen LogP contribution in [0.1, 0.15) is 168 Å². The molecule has 35 heavy (non-hydrogen) atoms. The average molecular weight is 517 g/mol. The molecule has 0 amide bonds. The molecule has 210 valence electrons. The Balaban J connectivity index is 3.77. The molecule has 1 N–H and O–H groups in total. The zero-order valence-corrected chi connectivity index (χ0v) is 24.3. The minimum Gasteiger partial charge on any atom is -0.264 e. The quantitative estimate of drug-likeness (QED) is 0.0638. The third kappa shape index (κ3) is 29.7. The summed E-state index contributed by atoms with van der Waals surface area (Å²) in [4.78, 5) is 0. The van der Waals surface area contributed by atoms with Gasteiger partial charge in [0.2, 0.25) is 0 Å². The van der Waals surface area contributed by atoms with E-state index >= 15 is 0 Å². The van der Waals surface area contributed by atoms with Crippen LogP contribution in [0.2, 0.25) is 0 Å². The molecule has 0 aromatic carbocycles. The molecule has 0 rings (SSSR count). The lowest BCUT2D eigenvalue weighted by atomic mass is 9.99. The van der Waals surface area contributed by atoms with Crippen LogP contribution >= 0.6 is 0 Å². The van der Waals surface area contributed by atoms with Crippen LogP contribution < -0.4 is 0 Å². The van der Waals surface area contributed by atoms with E-state index in [0.29, 0.717) is 0 Å². The molecular formula is C30H60O4S. The molecule has 0 saturated carbocycles. The summed E-state index contributed by atoms with van der Waals surface area (Å²) >= 11 is 0. The van der Waals surface area contributed by atoms with Gasteiger partial charge in [0, 0.05) is 5.92 Å². The van der Waals surface area contributed by atoms with Gasteiger partial charge in [0.1, 0.15) is 0 Å². The van der Waals surface area contributed by atoms with E-state index in [-0.39, 0.29) is 12.5 Å². The minimum atomic E-state index is -4.36. The standard InChI is InChI=1S/C30H60O4S/c1-3-5-7-9-11-13-14-15-16-17-18-20-22-24-26-28-30(29-34-35(31,32)33)27-25-23-21-19-12-10-8-6-4-2/h25,27,30H,3-24,26,28-29H2,1-2H3,(H,31,32,33)/b27-25+. The highest BCUT2D eigenvalue weighted by atomic mass is 32.3. The number of rotatable bonds is 28. The molecule has 0 aliphatic heterocycles. The van der Waals surface area contributed by atoms with Crippen LogP contribution in [-0.2, 0) is 14.6 Å². The molecule has 1 atom stereocenters. The molecule has 0 heterocycles. The van der Waals surface area contributed by atoms with Crippen molar-refractivity contribution in [1.29, 1.82) is 0 Å². The summed E-state index contributed by atoms with van der Waals surface area (Å²) in [5.74, 6) is 0.0588. The lowest BCUT2D eigenvalue weighted by Crippen LogP contribution is -2.12. The first-order valence-corrected chi connectivity index (χ1v) is 16.6. The van der Waals surface area contributed by atoms with Crippen LogP contribution in [0, 0.1) is 5.92 Å². The van der Waals surface area contributed by atoms with Gasteiger partial charge in [-0.3, -0.25) is 4.55 Å². The highest BCUT2D eigenvalue weighted by molar-refractivity contribution is 7.80. The monoisotopic (exact) mass is 516 g/mol. The molecule has 0 aromatic rings. The van der Waals surface area contributed by atoms with Crippen molar-refractivity contribution >= 4 is 10.4 Å². The van der Waals surface area contributed by atoms with Gasteiger partial charge in [-0.2, -0.15) is 8.42 Å². The fourth-order valence-corrected chi connectivity index (χ4v) is 5.04. The van der Waals surface area contributed by atoms with Crippen molar-refractivity contribution in [3.05, 3.63) is 12.2 Å².